The quantitative estimate of drug-likeness (QED) is 0.492. The minimum atomic E-state index is -0.575. The molecule has 1 atom stereocenters. The second-order valence-electron chi connectivity index (χ2n) is 10.6. The Morgan fingerprint density at radius 2 is 1.94 bits per heavy atom. The van der Waals surface area contributed by atoms with Gasteiger partial charge in [0.15, 0.2) is 6.61 Å². The second-order valence-corrected chi connectivity index (χ2v) is 11.6. The molecule has 0 radical (unpaired) electrons. The number of aryl methyl sites for hydroxylation is 1. The predicted molar refractivity (Wildman–Crippen MR) is 128 cm³/mol. The van der Waals surface area contributed by atoms with E-state index in [0.717, 1.165) is 22.6 Å². The van der Waals surface area contributed by atoms with Crippen LogP contribution in [0.4, 0.5) is 0 Å². The van der Waals surface area contributed by atoms with Crippen molar-refractivity contribution in [2.45, 2.75) is 58.4 Å². The van der Waals surface area contributed by atoms with Crippen molar-refractivity contribution in [2.75, 3.05) is 6.61 Å². The monoisotopic (exact) mass is 479 g/mol. The molecule has 4 aliphatic carbocycles. The van der Waals surface area contributed by atoms with E-state index in [2.05, 4.69) is 22.4 Å². The van der Waals surface area contributed by atoms with Crippen LogP contribution < -0.4 is 5.32 Å². The number of pyridine rings is 1. The summed E-state index contributed by atoms with van der Waals surface area (Å²) in [7, 11) is 0. The molecular weight excluding hydrogens is 450 g/mol. The van der Waals surface area contributed by atoms with Crippen molar-refractivity contribution in [3.63, 3.8) is 0 Å². The molecule has 1 unspecified atom stereocenters. The van der Waals surface area contributed by atoms with E-state index < -0.39 is 5.97 Å². The first kappa shape index (κ1) is 21.8. The van der Waals surface area contributed by atoms with Crippen molar-refractivity contribution in [3.8, 4) is 10.6 Å². The first-order valence-electron chi connectivity index (χ1n) is 12.2. The summed E-state index contributed by atoms with van der Waals surface area (Å²) in [6.45, 7) is 3.58. The number of fused-ring (bicyclic) bond motifs is 1. The van der Waals surface area contributed by atoms with Crippen molar-refractivity contribution < 1.29 is 18.8 Å². The van der Waals surface area contributed by atoms with Crippen LogP contribution in [0.1, 0.15) is 61.5 Å². The van der Waals surface area contributed by atoms with Gasteiger partial charge in [-0.2, -0.15) is 0 Å². The highest BCUT2D eigenvalue weighted by molar-refractivity contribution is 7.13. The highest BCUT2D eigenvalue weighted by Crippen LogP contribution is 2.61. The Morgan fingerprint density at radius 3 is 2.59 bits per heavy atom. The third kappa shape index (κ3) is 3.72. The van der Waals surface area contributed by atoms with Crippen molar-refractivity contribution in [2.24, 2.45) is 23.2 Å². The third-order valence-corrected chi connectivity index (χ3v) is 9.22. The van der Waals surface area contributed by atoms with Crippen molar-refractivity contribution in [1.29, 1.82) is 0 Å². The number of aromatic nitrogens is 2. The summed E-state index contributed by atoms with van der Waals surface area (Å²) in [5.74, 6) is 1.64. The number of esters is 1. The summed E-state index contributed by atoms with van der Waals surface area (Å²) < 4.78 is 10.8. The SMILES string of the molecule is Cc1noc2nc(-c3cccs3)cc(C(=O)OCC(=O)NC(C)C34CC5CC(CC(C5)C3)C4)c12. The number of amides is 1. The first-order valence-corrected chi connectivity index (χ1v) is 13.1. The maximum atomic E-state index is 13.0. The fraction of sp³-hybridized carbons (Fsp3) is 0.538. The maximum Gasteiger partial charge on any atom is 0.339 e. The molecule has 4 saturated carbocycles. The third-order valence-electron chi connectivity index (χ3n) is 8.33. The molecule has 3 aromatic heterocycles. The molecule has 3 heterocycles. The van der Waals surface area contributed by atoms with Crippen LogP contribution in [-0.2, 0) is 9.53 Å². The second kappa shape index (κ2) is 8.18. The molecule has 4 aliphatic rings. The Balaban J connectivity index is 1.15. The molecule has 7 nitrogen and oxygen atoms in total. The average molecular weight is 480 g/mol. The van der Waals surface area contributed by atoms with E-state index in [4.69, 9.17) is 9.26 Å². The summed E-state index contributed by atoms with van der Waals surface area (Å²) in [5, 5.41) is 9.59. The molecular formula is C26H29N3O4S. The summed E-state index contributed by atoms with van der Waals surface area (Å²) in [6.07, 6.45) is 7.75. The van der Waals surface area contributed by atoms with Gasteiger partial charge in [-0.15, -0.1) is 11.3 Å². The van der Waals surface area contributed by atoms with Crippen LogP contribution in [0.2, 0.25) is 0 Å². The summed E-state index contributed by atoms with van der Waals surface area (Å²) in [6, 6.07) is 5.63. The van der Waals surface area contributed by atoms with Crippen LogP contribution in [0, 0.1) is 30.1 Å². The lowest BCUT2D eigenvalue weighted by Crippen LogP contribution is -2.56. The zero-order chi connectivity index (χ0) is 23.4. The summed E-state index contributed by atoms with van der Waals surface area (Å²) in [4.78, 5) is 31.2. The largest absolute Gasteiger partial charge is 0.452 e. The Hall–Kier alpha value is -2.74. The smallest absolute Gasteiger partial charge is 0.339 e. The Morgan fingerprint density at radius 1 is 1.24 bits per heavy atom. The summed E-state index contributed by atoms with van der Waals surface area (Å²) >= 11 is 1.52. The molecule has 7 rings (SSSR count). The first-order chi connectivity index (χ1) is 16.4. The zero-order valence-corrected chi connectivity index (χ0v) is 20.3. The number of hydrogen-bond acceptors (Lipinski definition) is 7. The van der Waals surface area contributed by atoms with Gasteiger partial charge in [0.1, 0.15) is 0 Å². The molecule has 0 aliphatic heterocycles. The summed E-state index contributed by atoms with van der Waals surface area (Å²) in [5.41, 5.74) is 1.99. The van der Waals surface area contributed by atoms with Crippen LogP contribution >= 0.6 is 11.3 Å². The zero-order valence-electron chi connectivity index (χ0n) is 19.5. The number of nitrogens with zero attached hydrogens (tertiary/aromatic N) is 2. The van der Waals surface area contributed by atoms with Gasteiger partial charge < -0.3 is 14.6 Å². The Bertz CT molecular complexity index is 1210. The number of carbonyl (C=O) groups is 2. The molecule has 1 amide bonds. The lowest BCUT2D eigenvalue weighted by molar-refractivity contribution is -0.128. The number of nitrogens with one attached hydrogen (secondary N) is 1. The minimum absolute atomic E-state index is 0.0884. The van der Waals surface area contributed by atoms with E-state index in [-0.39, 0.29) is 29.7 Å². The van der Waals surface area contributed by atoms with E-state index in [9.17, 15) is 9.59 Å². The topological polar surface area (TPSA) is 94.3 Å². The van der Waals surface area contributed by atoms with Gasteiger partial charge in [0.25, 0.3) is 11.6 Å². The van der Waals surface area contributed by atoms with Gasteiger partial charge in [-0.25, -0.2) is 9.78 Å². The van der Waals surface area contributed by atoms with E-state index in [1.54, 1.807) is 13.0 Å². The van der Waals surface area contributed by atoms with E-state index in [1.165, 1.54) is 49.9 Å². The van der Waals surface area contributed by atoms with E-state index in [0.29, 0.717) is 22.3 Å². The lowest BCUT2D eigenvalue weighted by atomic mass is 9.48. The molecule has 0 spiro atoms. The number of thiophene rings is 1. The molecule has 0 saturated heterocycles. The molecule has 8 heteroatoms. The number of ether oxygens (including phenoxy) is 1. The minimum Gasteiger partial charge on any atom is -0.452 e. The van der Waals surface area contributed by atoms with E-state index in [1.807, 2.05) is 17.5 Å². The van der Waals surface area contributed by atoms with Crippen molar-refractivity contribution in [3.05, 3.63) is 34.8 Å². The molecule has 178 valence electrons. The van der Waals surface area contributed by atoms with Crippen molar-refractivity contribution >= 4 is 34.3 Å². The molecule has 0 aromatic carbocycles. The lowest BCUT2D eigenvalue weighted by Gasteiger charge is -2.59. The predicted octanol–water partition coefficient (Wildman–Crippen LogP) is 5.14. The van der Waals surface area contributed by atoms with Gasteiger partial charge in [0.2, 0.25) is 0 Å². The Kier molecular flexibility index (Phi) is 5.24. The number of hydrogen-bond donors (Lipinski definition) is 1. The Labute approximate surface area is 202 Å². The van der Waals surface area contributed by atoms with Crippen LogP contribution in [0.3, 0.4) is 0 Å². The van der Waals surface area contributed by atoms with Gasteiger partial charge in [-0.3, -0.25) is 4.79 Å². The molecule has 4 bridgehead atoms. The van der Waals surface area contributed by atoms with Crippen molar-refractivity contribution in [1.82, 2.24) is 15.5 Å². The van der Waals surface area contributed by atoms with Gasteiger partial charge in [-0.05, 0) is 93.1 Å². The molecule has 3 aromatic rings. The number of carbonyl (C=O) groups excluding carboxylic acids is 2. The van der Waals surface area contributed by atoms with Gasteiger partial charge in [0.05, 0.1) is 27.2 Å². The molecule has 34 heavy (non-hydrogen) atoms. The van der Waals surface area contributed by atoms with Gasteiger partial charge >= 0.3 is 5.97 Å². The normalized spacial score (nSPS) is 28.2. The number of rotatable bonds is 6. The van der Waals surface area contributed by atoms with Crippen LogP contribution in [-0.4, -0.2) is 34.7 Å². The van der Waals surface area contributed by atoms with Crippen LogP contribution in [0.15, 0.2) is 28.1 Å². The van der Waals surface area contributed by atoms with Gasteiger partial charge in [-0.1, -0.05) is 11.2 Å². The fourth-order valence-electron chi connectivity index (χ4n) is 7.16. The fourth-order valence-corrected chi connectivity index (χ4v) is 7.85. The van der Waals surface area contributed by atoms with Gasteiger partial charge in [0, 0.05) is 6.04 Å². The highest BCUT2D eigenvalue weighted by atomic mass is 32.1. The molecule has 4 fully saturated rings. The highest BCUT2D eigenvalue weighted by Gasteiger charge is 2.53. The van der Waals surface area contributed by atoms with E-state index >= 15 is 0 Å². The van der Waals surface area contributed by atoms with Crippen LogP contribution in [0.5, 0.6) is 0 Å². The standard InChI is InChI=1S/C26H29N3O4S/c1-14-23-19(9-20(21-4-3-5-34-21)28-24(23)33-29-14)25(31)32-13-22(30)27-15(2)26-10-16-6-17(11-26)8-18(7-16)12-26/h3-5,9,15-18H,6-8,10-13H2,1-2H3,(H,27,30). The molecule has 1 N–H and O–H groups in total. The van der Waals surface area contributed by atoms with Crippen LogP contribution in [0.25, 0.3) is 21.7 Å². The maximum absolute atomic E-state index is 13.0. The average Bonchev–Trinajstić information content (AvgIpc) is 3.46.